The van der Waals surface area contributed by atoms with Gasteiger partial charge in [-0.15, -0.1) is 11.3 Å². The first-order valence-electron chi connectivity index (χ1n) is 6.50. The van der Waals surface area contributed by atoms with Gasteiger partial charge in [0.05, 0.1) is 23.9 Å². The van der Waals surface area contributed by atoms with E-state index in [1.165, 1.54) is 4.88 Å². The molecule has 0 unspecified atom stereocenters. The van der Waals surface area contributed by atoms with Crippen LogP contribution >= 0.6 is 11.3 Å². The largest absolute Gasteiger partial charge is 0.384 e. The van der Waals surface area contributed by atoms with Gasteiger partial charge in [0.2, 0.25) is 5.89 Å². The fourth-order valence-corrected chi connectivity index (χ4v) is 2.74. The number of hydrogen-bond donors (Lipinski definition) is 0. The van der Waals surface area contributed by atoms with E-state index in [1.807, 2.05) is 14.0 Å². The molecular weight excluding hydrogens is 276 g/mol. The maximum Gasteiger partial charge on any atom is 0.240 e. The van der Waals surface area contributed by atoms with Crippen molar-refractivity contribution < 1.29 is 9.26 Å². The van der Waals surface area contributed by atoms with Crippen LogP contribution in [0.1, 0.15) is 27.3 Å². The Morgan fingerprint density at radius 2 is 2.05 bits per heavy atom. The summed E-state index contributed by atoms with van der Waals surface area (Å²) >= 11 is 1.73. The third-order valence-corrected chi connectivity index (χ3v) is 3.79. The summed E-state index contributed by atoms with van der Waals surface area (Å²) in [5.41, 5.74) is 1.12. The fraction of sp³-hybridized carbons (Fsp3) is 0.615. The van der Waals surface area contributed by atoms with Crippen molar-refractivity contribution in [1.82, 2.24) is 20.0 Å². The lowest BCUT2D eigenvalue weighted by molar-refractivity contribution is 0.199. The summed E-state index contributed by atoms with van der Waals surface area (Å²) in [6.07, 6.45) is 0.675. The average molecular weight is 296 g/mol. The van der Waals surface area contributed by atoms with Gasteiger partial charge >= 0.3 is 0 Å². The number of methoxy groups -OCH3 is 1. The van der Waals surface area contributed by atoms with Gasteiger partial charge < -0.3 is 9.26 Å². The summed E-state index contributed by atoms with van der Waals surface area (Å²) < 4.78 is 10.2. The summed E-state index contributed by atoms with van der Waals surface area (Å²) in [5.74, 6) is 1.32. The molecule has 0 saturated carbocycles. The number of ether oxygens (including phenoxy) is 1. The van der Waals surface area contributed by atoms with Gasteiger partial charge in [-0.05, 0) is 20.9 Å². The van der Waals surface area contributed by atoms with Crippen molar-refractivity contribution in [3.63, 3.8) is 0 Å². The second-order valence-electron chi connectivity index (χ2n) is 4.76. The van der Waals surface area contributed by atoms with Crippen molar-refractivity contribution in [2.24, 2.45) is 0 Å². The second kappa shape index (κ2) is 6.92. The number of thiazole rings is 1. The van der Waals surface area contributed by atoms with Crippen molar-refractivity contribution in [1.29, 1.82) is 0 Å². The SMILES string of the molecule is COCCc1noc(CN(C)Cc2nc(C)sc2C)n1. The minimum Gasteiger partial charge on any atom is -0.384 e. The Bertz CT molecular complexity index is 552. The molecule has 0 spiro atoms. The van der Waals surface area contributed by atoms with Gasteiger partial charge in [-0.25, -0.2) is 4.98 Å². The molecule has 0 saturated heterocycles. The van der Waals surface area contributed by atoms with Crippen LogP contribution in [0.25, 0.3) is 0 Å². The van der Waals surface area contributed by atoms with Crippen LogP contribution in [0.3, 0.4) is 0 Å². The van der Waals surface area contributed by atoms with Gasteiger partial charge in [-0.3, -0.25) is 4.90 Å². The zero-order valence-corrected chi connectivity index (χ0v) is 13.2. The van der Waals surface area contributed by atoms with Crippen LogP contribution in [0.4, 0.5) is 0 Å². The first-order valence-corrected chi connectivity index (χ1v) is 7.32. The maximum atomic E-state index is 5.23. The van der Waals surface area contributed by atoms with Gasteiger partial charge in [0.25, 0.3) is 0 Å². The van der Waals surface area contributed by atoms with Crippen LogP contribution in [0.15, 0.2) is 4.52 Å². The fourth-order valence-electron chi connectivity index (χ4n) is 1.91. The van der Waals surface area contributed by atoms with Gasteiger partial charge in [-0.1, -0.05) is 5.16 Å². The monoisotopic (exact) mass is 296 g/mol. The molecule has 6 nitrogen and oxygen atoms in total. The molecule has 0 aliphatic heterocycles. The van der Waals surface area contributed by atoms with Crippen LogP contribution < -0.4 is 0 Å². The molecule has 110 valence electrons. The highest BCUT2D eigenvalue weighted by Crippen LogP contribution is 2.18. The van der Waals surface area contributed by atoms with Crippen LogP contribution in [-0.2, 0) is 24.2 Å². The van der Waals surface area contributed by atoms with Crippen LogP contribution in [0, 0.1) is 13.8 Å². The summed E-state index contributed by atoms with van der Waals surface area (Å²) in [4.78, 5) is 12.3. The zero-order chi connectivity index (χ0) is 14.5. The molecule has 7 heteroatoms. The molecule has 20 heavy (non-hydrogen) atoms. The molecule has 0 atom stereocenters. The van der Waals surface area contributed by atoms with E-state index in [-0.39, 0.29) is 0 Å². The predicted octanol–water partition coefficient (Wildman–Crippen LogP) is 1.96. The van der Waals surface area contributed by atoms with E-state index in [0.717, 1.165) is 17.2 Å². The topological polar surface area (TPSA) is 64.3 Å². The van der Waals surface area contributed by atoms with Crippen molar-refractivity contribution >= 4 is 11.3 Å². The Kier molecular flexibility index (Phi) is 5.22. The highest BCUT2D eigenvalue weighted by Gasteiger charge is 2.12. The first-order chi connectivity index (χ1) is 9.58. The van der Waals surface area contributed by atoms with Crippen molar-refractivity contribution in [3.8, 4) is 0 Å². The van der Waals surface area contributed by atoms with E-state index < -0.39 is 0 Å². The summed E-state index contributed by atoms with van der Waals surface area (Å²) in [5, 5.41) is 5.03. The van der Waals surface area contributed by atoms with Gasteiger partial charge in [-0.2, -0.15) is 4.98 Å². The van der Waals surface area contributed by atoms with Crippen LogP contribution in [-0.4, -0.2) is 40.8 Å². The van der Waals surface area contributed by atoms with Gasteiger partial charge in [0.15, 0.2) is 5.82 Å². The van der Waals surface area contributed by atoms with Gasteiger partial charge in [0, 0.05) is 25.0 Å². The molecule has 2 aromatic heterocycles. The smallest absolute Gasteiger partial charge is 0.240 e. The number of hydrogen-bond acceptors (Lipinski definition) is 7. The van der Waals surface area contributed by atoms with Crippen LogP contribution in [0.5, 0.6) is 0 Å². The van der Waals surface area contributed by atoms with E-state index >= 15 is 0 Å². The molecule has 0 N–H and O–H groups in total. The first kappa shape index (κ1) is 15.1. The Hall–Kier alpha value is -1.31. The highest BCUT2D eigenvalue weighted by molar-refractivity contribution is 7.11. The van der Waals surface area contributed by atoms with Crippen molar-refractivity contribution in [3.05, 3.63) is 27.3 Å². The molecule has 0 amide bonds. The molecule has 2 heterocycles. The zero-order valence-electron chi connectivity index (χ0n) is 12.3. The number of rotatable bonds is 7. The minimum absolute atomic E-state index is 0.603. The second-order valence-corrected chi connectivity index (χ2v) is 6.16. The Morgan fingerprint density at radius 1 is 1.25 bits per heavy atom. The Morgan fingerprint density at radius 3 is 2.70 bits per heavy atom. The van der Waals surface area contributed by atoms with Crippen molar-refractivity contribution in [2.45, 2.75) is 33.4 Å². The minimum atomic E-state index is 0.603. The molecule has 2 aromatic rings. The highest BCUT2D eigenvalue weighted by atomic mass is 32.1. The number of nitrogens with zero attached hydrogens (tertiary/aromatic N) is 4. The number of aryl methyl sites for hydroxylation is 2. The molecule has 0 aromatic carbocycles. The lowest BCUT2D eigenvalue weighted by Crippen LogP contribution is -2.18. The van der Waals surface area contributed by atoms with Crippen LogP contribution in [0.2, 0.25) is 0 Å². The molecule has 0 bridgehead atoms. The molecule has 0 fully saturated rings. The third kappa shape index (κ3) is 4.09. The maximum absolute atomic E-state index is 5.23. The van der Waals surface area contributed by atoms with E-state index in [9.17, 15) is 0 Å². The van der Waals surface area contributed by atoms with E-state index in [0.29, 0.717) is 31.3 Å². The summed E-state index contributed by atoms with van der Waals surface area (Å²) in [6, 6.07) is 0. The Balaban J connectivity index is 1.89. The van der Waals surface area contributed by atoms with Crippen molar-refractivity contribution in [2.75, 3.05) is 20.8 Å². The summed E-state index contributed by atoms with van der Waals surface area (Å²) in [7, 11) is 3.68. The Labute approximate surface area is 122 Å². The standard InChI is InChI=1S/C13H20N4O2S/c1-9-11(14-10(2)20-9)7-17(3)8-13-15-12(16-19-13)5-6-18-4/h5-8H2,1-4H3. The van der Waals surface area contributed by atoms with E-state index in [1.54, 1.807) is 18.4 Å². The number of aromatic nitrogens is 3. The normalized spacial score (nSPS) is 11.4. The predicted molar refractivity (Wildman–Crippen MR) is 76.6 cm³/mol. The summed E-state index contributed by atoms with van der Waals surface area (Å²) in [6.45, 7) is 6.14. The molecule has 2 rings (SSSR count). The molecule has 0 radical (unpaired) electrons. The quantitative estimate of drug-likeness (QED) is 0.778. The molecular formula is C13H20N4O2S. The lowest BCUT2D eigenvalue weighted by Gasteiger charge is -2.12. The molecule has 0 aliphatic rings. The molecule has 0 aliphatic carbocycles. The average Bonchev–Trinajstić information content (AvgIpc) is 2.94. The third-order valence-electron chi connectivity index (χ3n) is 2.86. The van der Waals surface area contributed by atoms with Gasteiger partial charge in [0.1, 0.15) is 0 Å². The lowest BCUT2D eigenvalue weighted by atomic mass is 10.3. The van der Waals surface area contributed by atoms with E-state index in [2.05, 4.69) is 26.9 Å². The van der Waals surface area contributed by atoms with E-state index in [4.69, 9.17) is 9.26 Å².